The van der Waals surface area contributed by atoms with E-state index in [1.54, 1.807) is 54.6 Å². The van der Waals surface area contributed by atoms with E-state index in [1.165, 1.54) is 0 Å². The number of carbonyl (C=O) groups is 3. The summed E-state index contributed by atoms with van der Waals surface area (Å²) in [6.45, 7) is 2.20. The number of imide groups is 1. The van der Waals surface area contributed by atoms with Gasteiger partial charge in [-0.25, -0.2) is 0 Å². The van der Waals surface area contributed by atoms with Crippen molar-refractivity contribution < 1.29 is 23.9 Å². The predicted molar refractivity (Wildman–Crippen MR) is 150 cm³/mol. The maximum absolute atomic E-state index is 13.0. The van der Waals surface area contributed by atoms with E-state index in [0.29, 0.717) is 50.4 Å². The summed E-state index contributed by atoms with van der Waals surface area (Å²) in [6, 6.07) is 17.1. The molecule has 1 heterocycles. The third-order valence-corrected chi connectivity index (χ3v) is 7.27. The topological polar surface area (TPSA) is 72.9 Å². The van der Waals surface area contributed by atoms with Gasteiger partial charge in [0.15, 0.2) is 17.3 Å². The highest BCUT2D eigenvalue weighted by Crippen LogP contribution is 2.40. The standard InChI is InChI=1S/C27H20BrCl2NO5S/c1-2-35-23-12-17(11-21(28)25(23)36-15-16-3-7-19(29)8-4-16)13-24-26(33)31(27(34)37-24)14-22(32)18-5-9-20(30)10-6-18/h3-13H,2,14-15H2,1H3/b24-13+. The van der Waals surface area contributed by atoms with Crippen LogP contribution in [-0.4, -0.2) is 35.0 Å². The molecular weight excluding hydrogens is 601 g/mol. The van der Waals surface area contributed by atoms with Crippen LogP contribution in [-0.2, 0) is 11.4 Å². The quantitative estimate of drug-likeness (QED) is 0.181. The van der Waals surface area contributed by atoms with Crippen molar-refractivity contribution in [3.63, 3.8) is 0 Å². The summed E-state index contributed by atoms with van der Waals surface area (Å²) in [4.78, 5) is 39.2. The lowest BCUT2D eigenvalue weighted by atomic mass is 10.1. The monoisotopic (exact) mass is 619 g/mol. The number of nitrogens with zero attached hydrogens (tertiary/aromatic N) is 1. The molecular formula is C27H20BrCl2NO5S. The summed E-state index contributed by atoms with van der Waals surface area (Å²) in [5.41, 5.74) is 1.93. The fourth-order valence-corrected chi connectivity index (χ4v) is 5.13. The molecule has 0 saturated carbocycles. The normalized spacial score (nSPS) is 14.4. The summed E-state index contributed by atoms with van der Waals surface area (Å²) < 4.78 is 12.4. The minimum Gasteiger partial charge on any atom is -0.490 e. The Kier molecular flexibility index (Phi) is 8.97. The van der Waals surface area contributed by atoms with Crippen LogP contribution in [0.3, 0.4) is 0 Å². The third kappa shape index (κ3) is 6.76. The number of carbonyl (C=O) groups excluding carboxylic acids is 3. The van der Waals surface area contributed by atoms with Crippen molar-refractivity contribution in [2.24, 2.45) is 0 Å². The number of benzene rings is 3. The van der Waals surface area contributed by atoms with Crippen LogP contribution in [0.15, 0.2) is 70.0 Å². The Balaban J connectivity index is 1.52. The number of Topliss-reactive ketones (excluding diaryl/α,β-unsaturated/α-hetero) is 1. The number of ether oxygens (including phenoxy) is 2. The lowest BCUT2D eigenvalue weighted by Gasteiger charge is -2.15. The highest BCUT2D eigenvalue weighted by atomic mass is 79.9. The second-order valence-electron chi connectivity index (χ2n) is 7.88. The predicted octanol–water partition coefficient (Wildman–Crippen LogP) is 7.65. The van der Waals surface area contributed by atoms with Crippen molar-refractivity contribution in [2.45, 2.75) is 13.5 Å². The molecule has 1 fully saturated rings. The first kappa shape index (κ1) is 27.3. The molecule has 190 valence electrons. The Labute approximate surface area is 236 Å². The number of halogens is 3. The van der Waals surface area contributed by atoms with Gasteiger partial charge in [0.05, 0.1) is 22.5 Å². The van der Waals surface area contributed by atoms with Crippen LogP contribution < -0.4 is 9.47 Å². The highest BCUT2D eigenvalue weighted by Gasteiger charge is 2.36. The van der Waals surface area contributed by atoms with Gasteiger partial charge < -0.3 is 9.47 Å². The van der Waals surface area contributed by atoms with Crippen molar-refractivity contribution in [2.75, 3.05) is 13.2 Å². The van der Waals surface area contributed by atoms with Crippen molar-refractivity contribution in [1.82, 2.24) is 4.90 Å². The largest absolute Gasteiger partial charge is 0.490 e. The minimum absolute atomic E-state index is 0.207. The lowest BCUT2D eigenvalue weighted by Crippen LogP contribution is -2.33. The smallest absolute Gasteiger partial charge is 0.293 e. The van der Waals surface area contributed by atoms with Gasteiger partial charge in [0, 0.05) is 15.6 Å². The molecule has 0 aromatic heterocycles. The van der Waals surface area contributed by atoms with Crippen molar-refractivity contribution >= 4 is 73.9 Å². The van der Waals surface area contributed by atoms with Gasteiger partial charge in [-0.1, -0.05) is 35.3 Å². The first-order valence-corrected chi connectivity index (χ1v) is 13.5. The summed E-state index contributed by atoms with van der Waals surface area (Å²) >= 11 is 16.1. The van der Waals surface area contributed by atoms with Crippen LogP contribution in [0.5, 0.6) is 11.5 Å². The first-order chi connectivity index (χ1) is 17.7. The Bertz CT molecular complexity index is 1380. The van der Waals surface area contributed by atoms with Gasteiger partial charge in [-0.15, -0.1) is 0 Å². The number of ketones is 1. The Morgan fingerprint density at radius 2 is 1.65 bits per heavy atom. The Hall–Kier alpha value is -2.78. The van der Waals surface area contributed by atoms with E-state index in [9.17, 15) is 14.4 Å². The summed E-state index contributed by atoms with van der Waals surface area (Å²) in [6.07, 6.45) is 1.59. The van der Waals surface area contributed by atoms with Gasteiger partial charge in [0.1, 0.15) is 6.61 Å². The van der Waals surface area contributed by atoms with Crippen molar-refractivity contribution in [1.29, 1.82) is 0 Å². The van der Waals surface area contributed by atoms with E-state index < -0.39 is 11.1 Å². The molecule has 3 aromatic carbocycles. The zero-order valence-corrected chi connectivity index (χ0v) is 23.4. The van der Waals surface area contributed by atoms with E-state index in [4.69, 9.17) is 32.7 Å². The van der Waals surface area contributed by atoms with Crippen LogP contribution >= 0.6 is 50.9 Å². The van der Waals surface area contributed by atoms with Crippen LogP contribution in [0.4, 0.5) is 4.79 Å². The molecule has 0 aliphatic carbocycles. The van der Waals surface area contributed by atoms with E-state index >= 15 is 0 Å². The van der Waals surface area contributed by atoms with Crippen LogP contribution in [0, 0.1) is 0 Å². The van der Waals surface area contributed by atoms with Gasteiger partial charge >= 0.3 is 0 Å². The second kappa shape index (κ2) is 12.2. The molecule has 1 saturated heterocycles. The second-order valence-corrected chi connectivity index (χ2v) is 10.6. The van der Waals surface area contributed by atoms with E-state index in [1.807, 2.05) is 19.1 Å². The average Bonchev–Trinajstić information content (AvgIpc) is 3.12. The Morgan fingerprint density at radius 3 is 2.30 bits per heavy atom. The first-order valence-electron chi connectivity index (χ1n) is 11.1. The molecule has 6 nitrogen and oxygen atoms in total. The molecule has 0 bridgehead atoms. The molecule has 0 radical (unpaired) electrons. The number of hydrogen-bond acceptors (Lipinski definition) is 6. The fraction of sp³-hybridized carbons (Fsp3) is 0.148. The van der Waals surface area contributed by atoms with Crippen LogP contribution in [0.1, 0.15) is 28.4 Å². The number of amides is 2. The summed E-state index contributed by atoms with van der Waals surface area (Å²) in [5, 5.41) is 0.623. The van der Waals surface area contributed by atoms with E-state index in [2.05, 4.69) is 15.9 Å². The molecule has 0 unspecified atom stereocenters. The number of rotatable bonds is 9. The van der Waals surface area contributed by atoms with E-state index in [0.717, 1.165) is 22.2 Å². The van der Waals surface area contributed by atoms with Crippen LogP contribution in [0.25, 0.3) is 6.08 Å². The molecule has 4 rings (SSSR count). The van der Waals surface area contributed by atoms with Gasteiger partial charge in [0.25, 0.3) is 11.1 Å². The Morgan fingerprint density at radius 1 is 1.00 bits per heavy atom. The molecule has 2 amide bonds. The molecule has 3 aromatic rings. The molecule has 10 heteroatoms. The maximum Gasteiger partial charge on any atom is 0.293 e. The average molecular weight is 621 g/mol. The highest BCUT2D eigenvalue weighted by molar-refractivity contribution is 9.10. The van der Waals surface area contributed by atoms with Gasteiger partial charge in [-0.2, -0.15) is 0 Å². The molecule has 1 aliphatic rings. The summed E-state index contributed by atoms with van der Waals surface area (Å²) in [5.74, 6) is 0.100. The van der Waals surface area contributed by atoms with Crippen LogP contribution in [0.2, 0.25) is 10.0 Å². The van der Waals surface area contributed by atoms with Crippen molar-refractivity contribution in [3.8, 4) is 11.5 Å². The molecule has 0 atom stereocenters. The van der Waals surface area contributed by atoms with Crippen molar-refractivity contribution in [3.05, 3.63) is 96.8 Å². The fourth-order valence-electron chi connectivity index (χ4n) is 3.47. The molecule has 1 aliphatic heterocycles. The maximum atomic E-state index is 13.0. The third-order valence-electron chi connectivity index (χ3n) is 5.27. The number of hydrogen-bond donors (Lipinski definition) is 0. The zero-order chi connectivity index (χ0) is 26.5. The lowest BCUT2D eigenvalue weighted by molar-refractivity contribution is -0.122. The minimum atomic E-state index is -0.533. The number of thioether (sulfide) groups is 1. The summed E-state index contributed by atoms with van der Waals surface area (Å²) in [7, 11) is 0. The molecule has 0 N–H and O–H groups in total. The van der Waals surface area contributed by atoms with Gasteiger partial charge in [-0.3, -0.25) is 19.3 Å². The van der Waals surface area contributed by atoms with E-state index in [-0.39, 0.29) is 17.2 Å². The van der Waals surface area contributed by atoms with Gasteiger partial charge in [0.2, 0.25) is 0 Å². The van der Waals surface area contributed by atoms with Gasteiger partial charge in [-0.05, 0) is 100 Å². The SMILES string of the molecule is CCOc1cc(/C=C2/SC(=O)N(CC(=O)c3ccc(Cl)cc3)C2=O)cc(Br)c1OCc1ccc(Cl)cc1. The zero-order valence-electron chi connectivity index (χ0n) is 19.5. The molecule has 0 spiro atoms. The molecule has 37 heavy (non-hydrogen) atoms.